The largest absolute Gasteiger partial charge is 0.491 e. The molecule has 1 saturated heterocycles. The molecule has 0 amide bonds. The van der Waals surface area contributed by atoms with E-state index in [1.807, 2.05) is 18.2 Å². The monoisotopic (exact) mass is 375 g/mol. The topological polar surface area (TPSA) is 75.8 Å². The molecule has 0 atom stereocenters. The van der Waals surface area contributed by atoms with Gasteiger partial charge in [-0.1, -0.05) is 0 Å². The number of piperidine rings is 1. The Labute approximate surface area is 159 Å². The van der Waals surface area contributed by atoms with Crippen LogP contribution in [0.1, 0.15) is 19.8 Å². The van der Waals surface area contributed by atoms with Gasteiger partial charge in [0.1, 0.15) is 18.0 Å². The van der Waals surface area contributed by atoms with Crippen molar-refractivity contribution in [2.45, 2.75) is 25.4 Å². The molecule has 1 aliphatic rings. The lowest BCUT2D eigenvalue weighted by Gasteiger charge is -2.40. The smallest absolute Gasteiger partial charge is 0.273 e. The Morgan fingerprint density at radius 3 is 2.59 bits per heavy atom. The van der Waals surface area contributed by atoms with Crippen LogP contribution in [0, 0.1) is 0 Å². The van der Waals surface area contributed by atoms with Gasteiger partial charge in [0.2, 0.25) is 0 Å². The highest BCUT2D eigenvalue weighted by Gasteiger charge is 2.31. The molecule has 2 aromatic rings. The van der Waals surface area contributed by atoms with Crippen LogP contribution in [-0.2, 0) is 9.47 Å². The first-order chi connectivity index (χ1) is 13.0. The highest BCUT2D eigenvalue weighted by Crippen LogP contribution is 2.36. The predicted octanol–water partition coefficient (Wildman–Crippen LogP) is 2.60. The number of aromatic amines is 1. The molecule has 0 radical (unpaired) electrons. The summed E-state index contributed by atoms with van der Waals surface area (Å²) in [7, 11) is 5.19. The van der Waals surface area contributed by atoms with Crippen molar-refractivity contribution in [1.82, 2.24) is 4.98 Å². The summed E-state index contributed by atoms with van der Waals surface area (Å²) in [6.45, 7) is 4.80. The van der Waals surface area contributed by atoms with Crippen LogP contribution in [0.15, 0.2) is 23.0 Å². The number of fused-ring (bicyclic) bond motifs is 1. The van der Waals surface area contributed by atoms with E-state index in [0.717, 1.165) is 48.3 Å². The van der Waals surface area contributed by atoms with Gasteiger partial charge in [-0.15, -0.1) is 0 Å². The van der Waals surface area contributed by atoms with Gasteiger partial charge in [-0.05, 0) is 38.0 Å². The third-order valence-corrected chi connectivity index (χ3v) is 5.39. The summed E-state index contributed by atoms with van der Waals surface area (Å²) >= 11 is 0. The molecule has 3 rings (SSSR count). The zero-order valence-corrected chi connectivity index (χ0v) is 16.6. The zero-order valence-electron chi connectivity index (χ0n) is 16.6. The lowest BCUT2D eigenvalue weighted by molar-refractivity contribution is -0.0132. The van der Waals surface area contributed by atoms with Gasteiger partial charge in [-0.25, -0.2) is 0 Å². The number of methoxy groups -OCH3 is 2. The number of hydrogen-bond donors (Lipinski definition) is 2. The second-order valence-electron chi connectivity index (χ2n) is 7.12. The van der Waals surface area contributed by atoms with Crippen molar-refractivity contribution in [2.75, 3.05) is 57.8 Å². The Morgan fingerprint density at radius 2 is 1.96 bits per heavy atom. The number of pyridine rings is 1. The number of anilines is 2. The fourth-order valence-corrected chi connectivity index (χ4v) is 3.56. The second kappa shape index (κ2) is 8.19. The Morgan fingerprint density at radius 1 is 1.22 bits per heavy atom. The minimum Gasteiger partial charge on any atom is -0.491 e. The minimum atomic E-state index is -0.117. The number of rotatable bonds is 7. The van der Waals surface area contributed by atoms with Crippen molar-refractivity contribution in [1.29, 1.82) is 0 Å². The van der Waals surface area contributed by atoms with Crippen molar-refractivity contribution in [2.24, 2.45) is 0 Å². The summed E-state index contributed by atoms with van der Waals surface area (Å²) < 4.78 is 16.5. The van der Waals surface area contributed by atoms with E-state index in [2.05, 4.69) is 22.1 Å². The third kappa shape index (κ3) is 4.04. The summed E-state index contributed by atoms with van der Waals surface area (Å²) in [4.78, 5) is 17.8. The fourth-order valence-electron chi connectivity index (χ4n) is 3.56. The fraction of sp³-hybridized carbons (Fsp3) is 0.550. The normalized spacial score (nSPS) is 16.5. The molecule has 0 bridgehead atoms. The van der Waals surface area contributed by atoms with Gasteiger partial charge in [0.05, 0.1) is 23.4 Å². The first-order valence-electron chi connectivity index (χ1n) is 9.31. The van der Waals surface area contributed by atoms with E-state index in [4.69, 9.17) is 14.2 Å². The summed E-state index contributed by atoms with van der Waals surface area (Å²) in [6, 6.07) is 5.75. The quantitative estimate of drug-likeness (QED) is 0.725. The molecule has 7 nitrogen and oxygen atoms in total. The minimum absolute atomic E-state index is 0.109. The highest BCUT2D eigenvalue weighted by atomic mass is 16.5. The number of nitrogens with one attached hydrogen (secondary N) is 2. The second-order valence-corrected chi connectivity index (χ2v) is 7.12. The summed E-state index contributed by atoms with van der Waals surface area (Å²) in [5.41, 5.74) is 2.08. The molecule has 1 aromatic heterocycles. The number of nitrogens with zero attached hydrogens (tertiary/aromatic N) is 1. The van der Waals surface area contributed by atoms with E-state index < -0.39 is 0 Å². The van der Waals surface area contributed by atoms with Crippen LogP contribution < -0.4 is 20.5 Å². The average molecular weight is 375 g/mol. The third-order valence-electron chi connectivity index (χ3n) is 5.39. The first kappa shape index (κ1) is 19.5. The van der Waals surface area contributed by atoms with Crippen molar-refractivity contribution in [3.8, 4) is 5.75 Å². The molecule has 0 aliphatic carbocycles. The molecule has 0 unspecified atom stereocenters. The molecular weight excluding hydrogens is 346 g/mol. The predicted molar refractivity (Wildman–Crippen MR) is 108 cm³/mol. The number of hydrogen-bond acceptors (Lipinski definition) is 6. The number of benzene rings is 1. The first-order valence-corrected chi connectivity index (χ1v) is 9.31. The molecule has 1 fully saturated rings. The van der Waals surface area contributed by atoms with Crippen LogP contribution in [0.25, 0.3) is 10.9 Å². The average Bonchev–Trinajstić information content (AvgIpc) is 2.68. The number of aromatic nitrogens is 1. The van der Waals surface area contributed by atoms with Crippen LogP contribution in [0.5, 0.6) is 5.75 Å². The molecule has 148 valence electrons. The molecular formula is C20H29N3O4. The molecule has 2 N–H and O–H groups in total. The van der Waals surface area contributed by atoms with Crippen LogP contribution in [0.3, 0.4) is 0 Å². The maximum atomic E-state index is 12.6. The molecule has 2 heterocycles. The molecule has 0 spiro atoms. The van der Waals surface area contributed by atoms with E-state index in [0.29, 0.717) is 18.9 Å². The Balaban J connectivity index is 2.02. The van der Waals surface area contributed by atoms with Gasteiger partial charge < -0.3 is 29.4 Å². The summed E-state index contributed by atoms with van der Waals surface area (Å²) in [5.74, 6) is 0.758. The van der Waals surface area contributed by atoms with Gasteiger partial charge in [-0.2, -0.15) is 0 Å². The summed E-state index contributed by atoms with van der Waals surface area (Å²) in [6.07, 6.45) is 1.82. The van der Waals surface area contributed by atoms with Crippen molar-refractivity contribution in [3.63, 3.8) is 0 Å². The van der Waals surface area contributed by atoms with Crippen LogP contribution >= 0.6 is 0 Å². The van der Waals surface area contributed by atoms with Crippen LogP contribution in [0.2, 0.25) is 0 Å². The van der Waals surface area contributed by atoms with Crippen molar-refractivity contribution in [3.05, 3.63) is 28.6 Å². The van der Waals surface area contributed by atoms with E-state index in [1.165, 1.54) is 0 Å². The molecule has 1 aromatic carbocycles. The van der Waals surface area contributed by atoms with E-state index in [1.54, 1.807) is 21.3 Å². The van der Waals surface area contributed by atoms with Gasteiger partial charge in [0, 0.05) is 39.7 Å². The molecule has 0 saturated carbocycles. The van der Waals surface area contributed by atoms with E-state index >= 15 is 0 Å². The summed E-state index contributed by atoms with van der Waals surface area (Å²) in [5, 5.41) is 4.05. The van der Waals surface area contributed by atoms with E-state index in [-0.39, 0.29) is 11.2 Å². The lowest BCUT2D eigenvalue weighted by atomic mass is 9.92. The highest BCUT2D eigenvalue weighted by molar-refractivity contribution is 5.98. The standard InChI is InChI=1S/C20H29N3O4/c1-20(26-4)7-9-23(10-8-20)18-15-13-14(27-12-11-25-3)5-6-16(15)22-19(24)17(18)21-2/h5-6,13,21H,7-12H2,1-4H3,(H,22,24). The van der Waals surface area contributed by atoms with Gasteiger partial charge in [0.25, 0.3) is 5.56 Å². The zero-order chi connectivity index (χ0) is 19.4. The number of H-pyrrole nitrogens is 1. The van der Waals surface area contributed by atoms with Crippen molar-refractivity contribution >= 4 is 22.3 Å². The van der Waals surface area contributed by atoms with Gasteiger partial charge >= 0.3 is 0 Å². The Bertz CT molecular complexity index is 841. The Kier molecular flexibility index (Phi) is 5.92. The van der Waals surface area contributed by atoms with Crippen LogP contribution in [0.4, 0.5) is 11.4 Å². The van der Waals surface area contributed by atoms with Gasteiger partial charge in [-0.3, -0.25) is 4.79 Å². The maximum Gasteiger partial charge on any atom is 0.273 e. The Hall–Kier alpha value is -2.25. The molecule has 7 heteroatoms. The van der Waals surface area contributed by atoms with E-state index in [9.17, 15) is 4.79 Å². The molecule has 1 aliphatic heterocycles. The van der Waals surface area contributed by atoms with Crippen molar-refractivity contribution < 1.29 is 14.2 Å². The SMILES string of the molecule is CNc1c(N2CCC(C)(OC)CC2)c2cc(OCCOC)ccc2[nH]c1=O. The lowest BCUT2D eigenvalue weighted by Crippen LogP contribution is -2.44. The van der Waals surface area contributed by atoms with Gasteiger partial charge in [0.15, 0.2) is 0 Å². The van der Waals surface area contributed by atoms with Crippen LogP contribution in [-0.4, -0.2) is 58.2 Å². The number of ether oxygens (including phenoxy) is 3. The maximum absolute atomic E-state index is 12.6. The molecule has 27 heavy (non-hydrogen) atoms.